The van der Waals surface area contributed by atoms with Crippen molar-refractivity contribution in [1.29, 1.82) is 0 Å². The molecular formula is C15H19ClFN3. The molecule has 1 aromatic heterocycles. The van der Waals surface area contributed by atoms with Gasteiger partial charge in [-0.3, -0.25) is 4.68 Å². The van der Waals surface area contributed by atoms with Crippen molar-refractivity contribution in [3.05, 3.63) is 51.6 Å². The highest BCUT2D eigenvalue weighted by Crippen LogP contribution is 2.26. The number of nitrogens with one attached hydrogen (secondary N) is 1. The largest absolute Gasteiger partial charge is 0.313 e. The molecule has 1 aromatic carbocycles. The van der Waals surface area contributed by atoms with Gasteiger partial charge < -0.3 is 5.32 Å². The molecule has 0 saturated carbocycles. The van der Waals surface area contributed by atoms with Gasteiger partial charge in [0.15, 0.2) is 0 Å². The highest BCUT2D eigenvalue weighted by Gasteiger charge is 2.20. The van der Waals surface area contributed by atoms with Crippen LogP contribution in [0, 0.1) is 19.7 Å². The second-order valence-corrected chi connectivity index (χ2v) is 5.43. The maximum atomic E-state index is 13.9. The molecule has 0 amide bonds. The number of likely N-dealkylation sites (N-methyl/N-ethyl adjacent to an activating group) is 1. The van der Waals surface area contributed by atoms with Crippen LogP contribution in [0.1, 0.15) is 28.6 Å². The molecule has 0 radical (unpaired) electrons. The van der Waals surface area contributed by atoms with E-state index in [1.165, 1.54) is 6.07 Å². The van der Waals surface area contributed by atoms with Crippen molar-refractivity contribution in [3.63, 3.8) is 0 Å². The van der Waals surface area contributed by atoms with Crippen LogP contribution < -0.4 is 5.32 Å². The van der Waals surface area contributed by atoms with E-state index in [0.717, 1.165) is 17.0 Å². The lowest BCUT2D eigenvalue weighted by Crippen LogP contribution is -2.20. The van der Waals surface area contributed by atoms with E-state index in [2.05, 4.69) is 10.4 Å². The van der Waals surface area contributed by atoms with Gasteiger partial charge in [-0.25, -0.2) is 4.39 Å². The van der Waals surface area contributed by atoms with Crippen molar-refractivity contribution in [2.45, 2.75) is 26.3 Å². The first-order chi connectivity index (χ1) is 9.43. The average molecular weight is 296 g/mol. The summed E-state index contributed by atoms with van der Waals surface area (Å²) >= 11 is 5.79. The molecule has 1 unspecified atom stereocenters. The molecule has 108 valence electrons. The summed E-state index contributed by atoms with van der Waals surface area (Å²) in [6, 6.07) is 4.84. The minimum Gasteiger partial charge on any atom is -0.313 e. The van der Waals surface area contributed by atoms with Crippen molar-refractivity contribution >= 4 is 11.6 Å². The number of halogens is 2. The molecule has 20 heavy (non-hydrogen) atoms. The van der Waals surface area contributed by atoms with Crippen LogP contribution in [0.4, 0.5) is 4.39 Å². The van der Waals surface area contributed by atoms with Crippen LogP contribution in [0.25, 0.3) is 0 Å². The lowest BCUT2D eigenvalue weighted by Gasteiger charge is -2.18. The Morgan fingerprint density at radius 1 is 1.40 bits per heavy atom. The predicted molar refractivity (Wildman–Crippen MR) is 79.6 cm³/mol. The Morgan fingerprint density at radius 3 is 2.60 bits per heavy atom. The Balaban J connectivity index is 2.33. The second-order valence-electron chi connectivity index (χ2n) is 4.99. The van der Waals surface area contributed by atoms with Gasteiger partial charge in [0.1, 0.15) is 5.82 Å². The summed E-state index contributed by atoms with van der Waals surface area (Å²) < 4.78 is 15.8. The van der Waals surface area contributed by atoms with Crippen molar-refractivity contribution < 1.29 is 4.39 Å². The van der Waals surface area contributed by atoms with Crippen molar-refractivity contribution in [1.82, 2.24) is 15.1 Å². The zero-order chi connectivity index (χ0) is 14.9. The minimum atomic E-state index is -0.267. The van der Waals surface area contributed by atoms with Gasteiger partial charge in [-0.2, -0.15) is 5.10 Å². The van der Waals surface area contributed by atoms with Crippen LogP contribution in [0.3, 0.4) is 0 Å². The lowest BCUT2D eigenvalue weighted by molar-refractivity contribution is 0.550. The molecule has 2 aromatic rings. The van der Waals surface area contributed by atoms with Gasteiger partial charge in [0, 0.05) is 29.4 Å². The van der Waals surface area contributed by atoms with Crippen LogP contribution in [-0.2, 0) is 13.5 Å². The lowest BCUT2D eigenvalue weighted by atomic mass is 9.97. The fraction of sp³-hybridized carbons (Fsp3) is 0.400. The Bertz CT molecular complexity index is 622. The summed E-state index contributed by atoms with van der Waals surface area (Å²) in [5, 5.41) is 8.09. The SMILES string of the molecule is CNC(Cc1ccc(Cl)cc1F)c1c(C)nn(C)c1C. The summed E-state index contributed by atoms with van der Waals surface area (Å²) in [5.41, 5.74) is 3.84. The molecule has 0 spiro atoms. The van der Waals surface area contributed by atoms with E-state index in [-0.39, 0.29) is 11.9 Å². The van der Waals surface area contributed by atoms with Crippen LogP contribution in [0.2, 0.25) is 5.02 Å². The Labute approximate surface area is 123 Å². The molecule has 0 aliphatic heterocycles. The molecule has 2 rings (SSSR count). The Kier molecular flexibility index (Phi) is 4.45. The first kappa shape index (κ1) is 15.0. The third kappa shape index (κ3) is 2.86. The first-order valence-corrected chi connectivity index (χ1v) is 6.93. The van der Waals surface area contributed by atoms with Crippen LogP contribution in [-0.4, -0.2) is 16.8 Å². The number of aromatic nitrogens is 2. The molecule has 1 atom stereocenters. The third-order valence-electron chi connectivity index (χ3n) is 3.70. The first-order valence-electron chi connectivity index (χ1n) is 6.55. The molecule has 1 N–H and O–H groups in total. The van der Waals surface area contributed by atoms with Gasteiger partial charge in [0.25, 0.3) is 0 Å². The molecule has 5 heteroatoms. The second kappa shape index (κ2) is 5.94. The number of nitrogens with zero attached hydrogens (tertiary/aromatic N) is 2. The minimum absolute atomic E-state index is 0.0272. The number of aryl methyl sites for hydroxylation is 2. The zero-order valence-electron chi connectivity index (χ0n) is 12.2. The van der Waals surface area contributed by atoms with E-state index in [0.29, 0.717) is 17.0 Å². The summed E-state index contributed by atoms with van der Waals surface area (Å²) in [4.78, 5) is 0. The van der Waals surface area contributed by atoms with E-state index in [4.69, 9.17) is 11.6 Å². The Morgan fingerprint density at radius 2 is 2.10 bits per heavy atom. The highest BCUT2D eigenvalue weighted by atomic mass is 35.5. The van der Waals surface area contributed by atoms with Gasteiger partial charge in [-0.1, -0.05) is 17.7 Å². The van der Waals surface area contributed by atoms with Crippen LogP contribution in [0.5, 0.6) is 0 Å². The standard InChI is InChI=1S/C15H19ClFN3/c1-9-15(10(2)20(4)19-9)14(18-3)7-11-5-6-12(16)8-13(11)17/h5-6,8,14,18H,7H2,1-4H3. The molecule has 1 heterocycles. The van der Waals surface area contributed by atoms with E-state index >= 15 is 0 Å². The fourth-order valence-corrected chi connectivity index (χ4v) is 2.71. The predicted octanol–water partition coefficient (Wildman–Crippen LogP) is 3.33. The monoisotopic (exact) mass is 295 g/mol. The third-order valence-corrected chi connectivity index (χ3v) is 3.94. The summed E-state index contributed by atoms with van der Waals surface area (Å²) in [6.45, 7) is 4.00. The van der Waals surface area contributed by atoms with Gasteiger partial charge in [0.05, 0.1) is 5.69 Å². The van der Waals surface area contributed by atoms with E-state index < -0.39 is 0 Å². The molecule has 0 saturated heterocycles. The smallest absolute Gasteiger partial charge is 0.127 e. The Hall–Kier alpha value is -1.39. The molecule has 3 nitrogen and oxygen atoms in total. The molecule has 0 fully saturated rings. The van der Waals surface area contributed by atoms with E-state index in [9.17, 15) is 4.39 Å². The summed E-state index contributed by atoms with van der Waals surface area (Å²) in [6.07, 6.45) is 0.562. The van der Waals surface area contributed by atoms with Gasteiger partial charge in [0.2, 0.25) is 0 Å². The van der Waals surface area contributed by atoms with Crippen LogP contribution in [0.15, 0.2) is 18.2 Å². The summed E-state index contributed by atoms with van der Waals surface area (Å²) in [7, 11) is 3.80. The zero-order valence-corrected chi connectivity index (χ0v) is 12.9. The van der Waals surface area contributed by atoms with E-state index in [1.807, 2.05) is 32.6 Å². The van der Waals surface area contributed by atoms with Gasteiger partial charge in [-0.15, -0.1) is 0 Å². The number of rotatable bonds is 4. The van der Waals surface area contributed by atoms with Crippen molar-refractivity contribution in [3.8, 4) is 0 Å². The highest BCUT2D eigenvalue weighted by molar-refractivity contribution is 6.30. The maximum Gasteiger partial charge on any atom is 0.127 e. The number of benzene rings is 1. The molecule has 0 aliphatic rings. The molecule has 0 bridgehead atoms. The topological polar surface area (TPSA) is 29.9 Å². The molecular weight excluding hydrogens is 277 g/mol. The average Bonchev–Trinajstić information content (AvgIpc) is 2.63. The van der Waals surface area contributed by atoms with Crippen molar-refractivity contribution in [2.24, 2.45) is 7.05 Å². The van der Waals surface area contributed by atoms with E-state index in [1.54, 1.807) is 12.1 Å². The normalized spacial score (nSPS) is 12.7. The maximum absolute atomic E-state index is 13.9. The fourth-order valence-electron chi connectivity index (χ4n) is 2.55. The molecule has 0 aliphatic carbocycles. The van der Waals surface area contributed by atoms with Crippen LogP contribution >= 0.6 is 11.6 Å². The van der Waals surface area contributed by atoms with Crippen molar-refractivity contribution in [2.75, 3.05) is 7.05 Å². The van der Waals surface area contributed by atoms with Gasteiger partial charge in [-0.05, 0) is 45.0 Å². The van der Waals surface area contributed by atoms with Gasteiger partial charge >= 0.3 is 0 Å². The number of hydrogen-bond donors (Lipinski definition) is 1. The summed E-state index contributed by atoms with van der Waals surface area (Å²) in [5.74, 6) is -0.267. The number of hydrogen-bond acceptors (Lipinski definition) is 2. The quantitative estimate of drug-likeness (QED) is 0.937.